The first-order chi connectivity index (χ1) is 14.2. The quantitative estimate of drug-likeness (QED) is 0.691. The van der Waals surface area contributed by atoms with Crippen LogP contribution in [0.15, 0.2) is 84.9 Å². The minimum atomic E-state index is -0.351. The molecular formula is C24H22N2O3. The molecule has 2 amide bonds. The summed E-state index contributed by atoms with van der Waals surface area (Å²) in [4.78, 5) is 25.9. The van der Waals surface area contributed by atoms with E-state index < -0.39 is 0 Å². The van der Waals surface area contributed by atoms with E-state index in [0.717, 1.165) is 16.8 Å². The minimum Gasteiger partial charge on any atom is -0.447 e. The van der Waals surface area contributed by atoms with Crippen LogP contribution in [0, 0.1) is 0 Å². The van der Waals surface area contributed by atoms with Gasteiger partial charge in [-0.25, -0.2) is 4.79 Å². The van der Waals surface area contributed by atoms with Gasteiger partial charge in [0.15, 0.2) is 0 Å². The Hall–Kier alpha value is -3.60. The second kappa shape index (κ2) is 8.61. The monoisotopic (exact) mass is 386 g/mol. The highest BCUT2D eigenvalue weighted by molar-refractivity contribution is 5.95. The predicted molar refractivity (Wildman–Crippen MR) is 112 cm³/mol. The second-order valence-corrected chi connectivity index (χ2v) is 6.90. The maximum absolute atomic E-state index is 12.7. The van der Waals surface area contributed by atoms with Crippen molar-refractivity contribution in [2.24, 2.45) is 0 Å². The molecule has 0 bridgehead atoms. The fourth-order valence-corrected chi connectivity index (χ4v) is 3.52. The van der Waals surface area contributed by atoms with E-state index >= 15 is 0 Å². The third-order valence-electron chi connectivity index (χ3n) is 5.07. The van der Waals surface area contributed by atoms with Crippen molar-refractivity contribution in [2.45, 2.75) is 5.92 Å². The van der Waals surface area contributed by atoms with E-state index in [9.17, 15) is 9.59 Å². The van der Waals surface area contributed by atoms with Crippen LogP contribution < -0.4 is 10.2 Å². The van der Waals surface area contributed by atoms with E-state index in [-0.39, 0.29) is 17.9 Å². The highest BCUT2D eigenvalue weighted by atomic mass is 16.6. The number of nitrogens with one attached hydrogen (secondary N) is 1. The number of cyclic esters (lactones) is 1. The molecule has 1 aliphatic heterocycles. The van der Waals surface area contributed by atoms with Crippen LogP contribution in [0.1, 0.15) is 27.4 Å². The largest absolute Gasteiger partial charge is 0.447 e. The van der Waals surface area contributed by atoms with Crippen molar-refractivity contribution in [2.75, 3.05) is 24.6 Å². The van der Waals surface area contributed by atoms with Crippen LogP contribution in [0.2, 0.25) is 0 Å². The lowest BCUT2D eigenvalue weighted by molar-refractivity contribution is 0.0952. The number of carbonyl (C=O) groups excluding carboxylic acids is 2. The van der Waals surface area contributed by atoms with Crippen LogP contribution in [0.4, 0.5) is 10.5 Å². The van der Waals surface area contributed by atoms with Gasteiger partial charge < -0.3 is 10.1 Å². The zero-order valence-electron chi connectivity index (χ0n) is 16.0. The molecule has 146 valence electrons. The highest BCUT2D eigenvalue weighted by Crippen LogP contribution is 2.24. The van der Waals surface area contributed by atoms with Crippen molar-refractivity contribution < 1.29 is 14.3 Å². The zero-order valence-corrected chi connectivity index (χ0v) is 16.0. The lowest BCUT2D eigenvalue weighted by atomic mass is 9.91. The Bertz CT molecular complexity index is 933. The van der Waals surface area contributed by atoms with Crippen LogP contribution in [-0.4, -0.2) is 31.7 Å². The molecule has 1 heterocycles. The van der Waals surface area contributed by atoms with Gasteiger partial charge in [-0.1, -0.05) is 60.7 Å². The Morgan fingerprint density at radius 1 is 0.897 bits per heavy atom. The molecule has 1 N–H and O–H groups in total. The lowest BCUT2D eigenvalue weighted by Crippen LogP contribution is -2.29. The van der Waals surface area contributed by atoms with Crippen molar-refractivity contribution >= 4 is 17.7 Å². The summed E-state index contributed by atoms with van der Waals surface area (Å²) in [6.07, 6.45) is -0.351. The fraction of sp³-hybridized carbons (Fsp3) is 0.167. The summed E-state index contributed by atoms with van der Waals surface area (Å²) in [7, 11) is 0. The summed E-state index contributed by atoms with van der Waals surface area (Å²) in [6, 6.07) is 27.3. The molecule has 0 unspecified atom stereocenters. The van der Waals surface area contributed by atoms with Gasteiger partial charge in [-0.2, -0.15) is 0 Å². The predicted octanol–water partition coefficient (Wildman–Crippen LogP) is 4.21. The van der Waals surface area contributed by atoms with E-state index in [1.165, 1.54) is 0 Å². The number of nitrogens with zero attached hydrogens (tertiary/aromatic N) is 1. The first-order valence-corrected chi connectivity index (χ1v) is 9.65. The van der Waals surface area contributed by atoms with E-state index in [1.807, 2.05) is 36.4 Å². The van der Waals surface area contributed by atoms with Gasteiger partial charge in [-0.3, -0.25) is 9.69 Å². The molecule has 4 rings (SSSR count). The van der Waals surface area contributed by atoms with Crippen LogP contribution >= 0.6 is 0 Å². The third kappa shape index (κ3) is 4.29. The van der Waals surface area contributed by atoms with Crippen LogP contribution in [-0.2, 0) is 4.74 Å². The number of hydrogen-bond donors (Lipinski definition) is 1. The second-order valence-electron chi connectivity index (χ2n) is 6.90. The molecule has 0 saturated carbocycles. The summed E-state index contributed by atoms with van der Waals surface area (Å²) in [5.41, 5.74) is 3.60. The molecule has 0 atom stereocenters. The lowest BCUT2D eigenvalue weighted by Gasteiger charge is -2.19. The summed E-state index contributed by atoms with van der Waals surface area (Å²) in [5.74, 6) is -0.0718. The summed E-state index contributed by atoms with van der Waals surface area (Å²) in [5, 5.41) is 3.05. The maximum atomic E-state index is 12.7. The van der Waals surface area contributed by atoms with Crippen molar-refractivity contribution in [1.29, 1.82) is 0 Å². The Morgan fingerprint density at radius 2 is 1.48 bits per heavy atom. The highest BCUT2D eigenvalue weighted by Gasteiger charge is 2.23. The Morgan fingerprint density at radius 3 is 2.00 bits per heavy atom. The molecule has 3 aromatic carbocycles. The molecule has 5 nitrogen and oxygen atoms in total. The van der Waals surface area contributed by atoms with Gasteiger partial charge >= 0.3 is 6.09 Å². The summed E-state index contributed by atoms with van der Waals surface area (Å²) >= 11 is 0. The molecule has 3 aromatic rings. The topological polar surface area (TPSA) is 58.6 Å². The normalized spacial score (nSPS) is 13.4. The van der Waals surface area contributed by atoms with E-state index in [0.29, 0.717) is 25.3 Å². The van der Waals surface area contributed by atoms with Crippen molar-refractivity contribution in [3.63, 3.8) is 0 Å². The molecule has 0 spiro atoms. The third-order valence-corrected chi connectivity index (χ3v) is 5.07. The molecule has 0 aromatic heterocycles. The number of ether oxygens (including phenoxy) is 1. The van der Waals surface area contributed by atoms with Crippen LogP contribution in [0.25, 0.3) is 0 Å². The number of carbonyl (C=O) groups is 2. The van der Waals surface area contributed by atoms with Crippen molar-refractivity contribution in [3.05, 3.63) is 102 Å². The maximum Gasteiger partial charge on any atom is 0.414 e. The Balaban J connectivity index is 1.46. The molecule has 1 fully saturated rings. The van der Waals surface area contributed by atoms with Gasteiger partial charge in [0.2, 0.25) is 0 Å². The van der Waals surface area contributed by atoms with Crippen molar-refractivity contribution in [3.8, 4) is 0 Å². The molecule has 29 heavy (non-hydrogen) atoms. The molecule has 5 heteroatoms. The Labute approximate surface area is 169 Å². The summed E-state index contributed by atoms with van der Waals surface area (Å²) in [6.45, 7) is 1.41. The van der Waals surface area contributed by atoms with Gasteiger partial charge in [0.1, 0.15) is 6.61 Å². The Kier molecular flexibility index (Phi) is 5.56. The van der Waals surface area contributed by atoms with Gasteiger partial charge in [-0.05, 0) is 35.4 Å². The molecular weight excluding hydrogens is 364 g/mol. The smallest absolute Gasteiger partial charge is 0.414 e. The molecule has 1 aliphatic rings. The zero-order chi connectivity index (χ0) is 20.1. The average molecular weight is 386 g/mol. The molecule has 1 saturated heterocycles. The number of rotatable bonds is 6. The first-order valence-electron chi connectivity index (χ1n) is 9.65. The average Bonchev–Trinajstić information content (AvgIpc) is 3.21. The standard InChI is InChI=1S/C24H22N2O3/c27-23(20-11-13-21(14-12-20)26-15-16-29-24(26)28)25-17-22(18-7-3-1-4-8-18)19-9-5-2-6-10-19/h1-14,22H,15-17H2,(H,25,27). The van der Waals surface area contributed by atoms with E-state index in [1.54, 1.807) is 29.2 Å². The molecule has 0 radical (unpaired) electrons. The number of benzene rings is 3. The van der Waals surface area contributed by atoms with E-state index in [2.05, 4.69) is 29.6 Å². The SMILES string of the molecule is O=C(NCC(c1ccccc1)c1ccccc1)c1ccc(N2CCOC2=O)cc1. The first kappa shape index (κ1) is 18.7. The minimum absolute atomic E-state index is 0.0694. The summed E-state index contributed by atoms with van der Waals surface area (Å²) < 4.78 is 4.95. The fourth-order valence-electron chi connectivity index (χ4n) is 3.52. The van der Waals surface area contributed by atoms with Gasteiger partial charge in [-0.15, -0.1) is 0 Å². The van der Waals surface area contributed by atoms with Gasteiger partial charge in [0.05, 0.1) is 6.54 Å². The van der Waals surface area contributed by atoms with Crippen molar-refractivity contribution in [1.82, 2.24) is 5.32 Å². The van der Waals surface area contributed by atoms with Crippen LogP contribution in [0.5, 0.6) is 0 Å². The van der Waals surface area contributed by atoms with Crippen LogP contribution in [0.3, 0.4) is 0 Å². The van der Waals surface area contributed by atoms with Gasteiger partial charge in [0.25, 0.3) is 5.91 Å². The molecule has 0 aliphatic carbocycles. The number of amides is 2. The number of hydrogen-bond acceptors (Lipinski definition) is 3. The van der Waals surface area contributed by atoms with E-state index in [4.69, 9.17) is 4.74 Å². The number of anilines is 1. The van der Waals surface area contributed by atoms with Gasteiger partial charge in [0, 0.05) is 23.7 Å².